The van der Waals surface area contributed by atoms with E-state index in [0.29, 0.717) is 12.2 Å². The number of carbonyl (C=O) groups is 1. The van der Waals surface area contributed by atoms with Gasteiger partial charge in [-0.05, 0) is 29.3 Å². The van der Waals surface area contributed by atoms with Crippen molar-refractivity contribution in [2.45, 2.75) is 13.0 Å². The Morgan fingerprint density at radius 1 is 1.15 bits per heavy atom. The van der Waals surface area contributed by atoms with Gasteiger partial charge in [-0.2, -0.15) is 0 Å². The highest BCUT2D eigenvalue weighted by atomic mass is 79.9. The van der Waals surface area contributed by atoms with Gasteiger partial charge in [0.15, 0.2) is 0 Å². The van der Waals surface area contributed by atoms with Crippen LogP contribution in [0.2, 0.25) is 0 Å². The van der Waals surface area contributed by atoms with Crippen LogP contribution in [0.1, 0.15) is 11.1 Å². The van der Waals surface area contributed by atoms with Crippen molar-refractivity contribution < 1.29 is 14.3 Å². The molecule has 0 spiro atoms. The van der Waals surface area contributed by atoms with E-state index in [0.717, 1.165) is 15.6 Å². The van der Waals surface area contributed by atoms with Crippen molar-refractivity contribution in [3.8, 4) is 0 Å². The number of benzene rings is 2. The molecule has 0 heterocycles. The molecule has 0 fully saturated rings. The Morgan fingerprint density at radius 3 is 2.45 bits per heavy atom. The van der Waals surface area contributed by atoms with Crippen LogP contribution < -0.4 is 5.32 Å². The first-order valence-electron chi connectivity index (χ1n) is 6.03. The number of anilines is 1. The van der Waals surface area contributed by atoms with Crippen molar-refractivity contribution in [3.05, 3.63) is 63.9 Å². The van der Waals surface area contributed by atoms with Crippen molar-refractivity contribution in [1.29, 1.82) is 0 Å². The molecule has 0 atom stereocenters. The number of carboxylic acids is 1. The maximum Gasteiger partial charge on any atom is 0.307 e. The van der Waals surface area contributed by atoms with Crippen LogP contribution in [0.15, 0.2) is 46.9 Å². The van der Waals surface area contributed by atoms with Gasteiger partial charge >= 0.3 is 5.97 Å². The average molecular weight is 338 g/mol. The maximum absolute atomic E-state index is 13.5. The Hall–Kier alpha value is -1.88. The van der Waals surface area contributed by atoms with Gasteiger partial charge in [0.05, 0.1) is 12.1 Å². The molecule has 104 valence electrons. The van der Waals surface area contributed by atoms with Crippen molar-refractivity contribution in [2.24, 2.45) is 0 Å². The summed E-state index contributed by atoms with van der Waals surface area (Å²) in [6, 6.07) is 11.9. The molecule has 3 nitrogen and oxygen atoms in total. The Balaban J connectivity index is 2.00. The standard InChI is InChI=1S/C15H13BrFNO2/c16-12-5-6-13(17)14(8-12)18-9-11-3-1-10(2-4-11)7-15(19)20/h1-6,8,18H,7,9H2,(H,19,20). The largest absolute Gasteiger partial charge is 0.481 e. The van der Waals surface area contributed by atoms with E-state index in [1.807, 2.05) is 12.1 Å². The van der Waals surface area contributed by atoms with Gasteiger partial charge in [-0.15, -0.1) is 0 Å². The summed E-state index contributed by atoms with van der Waals surface area (Å²) in [7, 11) is 0. The minimum absolute atomic E-state index is 0.00791. The Bertz CT molecular complexity index is 614. The molecule has 0 radical (unpaired) electrons. The number of rotatable bonds is 5. The third-order valence-electron chi connectivity index (χ3n) is 2.79. The quantitative estimate of drug-likeness (QED) is 0.871. The zero-order valence-electron chi connectivity index (χ0n) is 10.6. The molecule has 0 amide bonds. The van der Waals surface area contributed by atoms with E-state index in [2.05, 4.69) is 21.2 Å². The molecule has 0 saturated carbocycles. The molecule has 0 unspecified atom stereocenters. The first kappa shape index (κ1) is 14.5. The van der Waals surface area contributed by atoms with E-state index in [1.54, 1.807) is 24.3 Å². The third-order valence-corrected chi connectivity index (χ3v) is 3.28. The SMILES string of the molecule is O=C(O)Cc1ccc(CNc2cc(Br)ccc2F)cc1. The lowest BCUT2D eigenvalue weighted by atomic mass is 10.1. The van der Waals surface area contributed by atoms with E-state index >= 15 is 0 Å². The average Bonchev–Trinajstić information content (AvgIpc) is 2.41. The summed E-state index contributed by atoms with van der Waals surface area (Å²) in [6.45, 7) is 0.473. The van der Waals surface area contributed by atoms with Gasteiger partial charge in [0, 0.05) is 11.0 Å². The van der Waals surface area contributed by atoms with Crippen LogP contribution in [0.4, 0.5) is 10.1 Å². The van der Waals surface area contributed by atoms with Crippen LogP contribution in [-0.4, -0.2) is 11.1 Å². The maximum atomic E-state index is 13.5. The lowest BCUT2D eigenvalue weighted by Gasteiger charge is -2.08. The highest BCUT2D eigenvalue weighted by Gasteiger charge is 2.03. The molecular formula is C15H13BrFNO2. The second kappa shape index (κ2) is 6.52. The second-order valence-corrected chi connectivity index (χ2v) is 5.28. The molecule has 0 bridgehead atoms. The Kier molecular flexibility index (Phi) is 4.74. The monoisotopic (exact) mass is 337 g/mol. The molecule has 2 aromatic rings. The molecule has 0 saturated heterocycles. The van der Waals surface area contributed by atoms with Gasteiger partial charge in [0.2, 0.25) is 0 Å². The second-order valence-electron chi connectivity index (χ2n) is 4.36. The van der Waals surface area contributed by atoms with Crippen molar-refractivity contribution >= 4 is 27.6 Å². The molecule has 20 heavy (non-hydrogen) atoms. The van der Waals surface area contributed by atoms with Crippen LogP contribution in [0.5, 0.6) is 0 Å². The summed E-state index contributed by atoms with van der Waals surface area (Å²) in [5.74, 6) is -1.16. The fourth-order valence-electron chi connectivity index (χ4n) is 1.78. The molecule has 0 aliphatic heterocycles. The normalized spacial score (nSPS) is 10.3. The van der Waals surface area contributed by atoms with Crippen LogP contribution >= 0.6 is 15.9 Å². The number of nitrogens with one attached hydrogen (secondary N) is 1. The molecular weight excluding hydrogens is 325 g/mol. The van der Waals surface area contributed by atoms with Gasteiger partial charge in [-0.1, -0.05) is 40.2 Å². The van der Waals surface area contributed by atoms with E-state index in [9.17, 15) is 9.18 Å². The van der Waals surface area contributed by atoms with Gasteiger partial charge < -0.3 is 10.4 Å². The molecule has 2 aromatic carbocycles. The van der Waals surface area contributed by atoms with Crippen LogP contribution in [0.3, 0.4) is 0 Å². The minimum Gasteiger partial charge on any atom is -0.481 e. The van der Waals surface area contributed by atoms with Crippen molar-refractivity contribution in [1.82, 2.24) is 0 Å². The van der Waals surface area contributed by atoms with E-state index in [-0.39, 0.29) is 12.2 Å². The zero-order chi connectivity index (χ0) is 14.5. The molecule has 5 heteroatoms. The number of carboxylic acid groups (broad SMARTS) is 1. The Labute approximate surface area is 124 Å². The Morgan fingerprint density at radius 2 is 1.80 bits per heavy atom. The van der Waals surface area contributed by atoms with Gasteiger partial charge in [0.25, 0.3) is 0 Å². The number of aliphatic carboxylic acids is 1. The summed E-state index contributed by atoms with van der Waals surface area (Å²) in [5.41, 5.74) is 2.13. The van der Waals surface area contributed by atoms with E-state index in [4.69, 9.17) is 5.11 Å². The fraction of sp³-hybridized carbons (Fsp3) is 0.133. The summed E-state index contributed by atoms with van der Waals surface area (Å²) in [4.78, 5) is 10.6. The fourth-order valence-corrected chi connectivity index (χ4v) is 2.14. The summed E-state index contributed by atoms with van der Waals surface area (Å²) in [5, 5.41) is 11.7. The van der Waals surface area contributed by atoms with E-state index in [1.165, 1.54) is 6.07 Å². The van der Waals surface area contributed by atoms with Gasteiger partial charge in [-0.25, -0.2) is 4.39 Å². The highest BCUT2D eigenvalue weighted by Crippen LogP contribution is 2.20. The number of halogens is 2. The highest BCUT2D eigenvalue weighted by molar-refractivity contribution is 9.10. The summed E-state index contributed by atoms with van der Waals surface area (Å²) in [6.07, 6.45) is 0.00791. The molecule has 0 aromatic heterocycles. The van der Waals surface area contributed by atoms with Crippen LogP contribution in [-0.2, 0) is 17.8 Å². The predicted molar refractivity (Wildman–Crippen MR) is 79.2 cm³/mol. The van der Waals surface area contributed by atoms with E-state index < -0.39 is 5.97 Å². The molecule has 0 aliphatic carbocycles. The van der Waals surface area contributed by atoms with Gasteiger partial charge in [-0.3, -0.25) is 4.79 Å². The van der Waals surface area contributed by atoms with Crippen LogP contribution in [0.25, 0.3) is 0 Å². The molecule has 2 N–H and O–H groups in total. The topological polar surface area (TPSA) is 49.3 Å². The third kappa shape index (κ3) is 4.06. The lowest BCUT2D eigenvalue weighted by Crippen LogP contribution is -2.03. The predicted octanol–water partition coefficient (Wildman–Crippen LogP) is 3.83. The molecule has 0 aliphatic rings. The smallest absolute Gasteiger partial charge is 0.307 e. The summed E-state index contributed by atoms with van der Waals surface area (Å²) < 4.78 is 14.3. The van der Waals surface area contributed by atoms with Gasteiger partial charge in [0.1, 0.15) is 5.82 Å². The first-order valence-corrected chi connectivity index (χ1v) is 6.82. The minimum atomic E-state index is -0.855. The lowest BCUT2D eigenvalue weighted by molar-refractivity contribution is -0.136. The number of hydrogen-bond donors (Lipinski definition) is 2. The van der Waals surface area contributed by atoms with Crippen molar-refractivity contribution in [2.75, 3.05) is 5.32 Å². The molecule has 2 rings (SSSR count). The first-order chi connectivity index (χ1) is 9.54. The van der Waals surface area contributed by atoms with Crippen LogP contribution in [0, 0.1) is 5.82 Å². The van der Waals surface area contributed by atoms with Crippen molar-refractivity contribution in [3.63, 3.8) is 0 Å². The zero-order valence-corrected chi connectivity index (χ0v) is 12.2. The number of hydrogen-bond acceptors (Lipinski definition) is 2. The summed E-state index contributed by atoms with van der Waals surface area (Å²) >= 11 is 3.29.